The van der Waals surface area contributed by atoms with E-state index in [9.17, 15) is 4.79 Å². The summed E-state index contributed by atoms with van der Waals surface area (Å²) in [6.07, 6.45) is 4.28. The van der Waals surface area contributed by atoms with Crippen LogP contribution in [-0.2, 0) is 16.0 Å². The minimum Gasteiger partial charge on any atom is -0.384 e. The number of hydrogen-bond donors (Lipinski definition) is 2. The molecule has 0 radical (unpaired) electrons. The molecule has 2 aliphatic rings. The van der Waals surface area contributed by atoms with E-state index >= 15 is 0 Å². The molecule has 0 aromatic heterocycles. The molecule has 2 bridgehead atoms. The lowest BCUT2D eigenvalue weighted by Crippen LogP contribution is -2.42. The fourth-order valence-electron chi connectivity index (χ4n) is 4.01. The first-order valence-electron chi connectivity index (χ1n) is 7.84. The third-order valence-corrected chi connectivity index (χ3v) is 5.13. The zero-order chi connectivity index (χ0) is 14.8. The normalized spacial score (nSPS) is 30.6. The molecule has 3 rings (SSSR count). The zero-order valence-corrected chi connectivity index (χ0v) is 12.5. The van der Waals surface area contributed by atoms with Crippen molar-refractivity contribution < 1.29 is 9.53 Å². The number of nitrogens with one attached hydrogen (secondary N) is 1. The van der Waals surface area contributed by atoms with Gasteiger partial charge in [-0.2, -0.15) is 0 Å². The molecule has 21 heavy (non-hydrogen) atoms. The molecule has 114 valence electrons. The molecule has 2 fully saturated rings. The fourth-order valence-corrected chi connectivity index (χ4v) is 4.01. The van der Waals surface area contributed by atoms with Crippen LogP contribution in [0.15, 0.2) is 24.3 Å². The van der Waals surface area contributed by atoms with E-state index in [4.69, 9.17) is 10.5 Å². The Kier molecular flexibility index (Phi) is 4.27. The van der Waals surface area contributed by atoms with Gasteiger partial charge in [-0.25, -0.2) is 0 Å². The highest BCUT2D eigenvalue weighted by atomic mass is 16.5. The number of anilines is 1. The topological polar surface area (TPSA) is 64.3 Å². The van der Waals surface area contributed by atoms with E-state index in [1.54, 1.807) is 7.11 Å². The van der Waals surface area contributed by atoms with Gasteiger partial charge < -0.3 is 15.8 Å². The van der Waals surface area contributed by atoms with Gasteiger partial charge in [0.2, 0.25) is 5.91 Å². The molecule has 1 aromatic rings. The van der Waals surface area contributed by atoms with Crippen molar-refractivity contribution in [3.8, 4) is 0 Å². The number of methoxy groups -OCH3 is 1. The highest BCUT2D eigenvalue weighted by molar-refractivity contribution is 5.94. The highest BCUT2D eigenvalue weighted by Gasteiger charge is 2.49. The lowest BCUT2D eigenvalue weighted by molar-refractivity contribution is -0.121. The van der Waals surface area contributed by atoms with E-state index in [2.05, 4.69) is 5.32 Å². The summed E-state index contributed by atoms with van der Waals surface area (Å²) in [7, 11) is 1.69. The van der Waals surface area contributed by atoms with Gasteiger partial charge >= 0.3 is 0 Å². The van der Waals surface area contributed by atoms with Crippen LogP contribution in [0.5, 0.6) is 0 Å². The molecule has 2 aliphatic carbocycles. The maximum Gasteiger partial charge on any atom is 0.229 e. The zero-order valence-electron chi connectivity index (χ0n) is 12.5. The Morgan fingerprint density at radius 3 is 2.81 bits per heavy atom. The lowest BCUT2D eigenvalue weighted by Gasteiger charge is -2.27. The lowest BCUT2D eigenvalue weighted by atomic mass is 9.84. The van der Waals surface area contributed by atoms with Gasteiger partial charge in [0.25, 0.3) is 0 Å². The number of carbonyl (C=O) groups is 1. The Morgan fingerprint density at radius 2 is 2.10 bits per heavy atom. The van der Waals surface area contributed by atoms with Crippen LogP contribution in [-0.4, -0.2) is 25.7 Å². The van der Waals surface area contributed by atoms with Crippen molar-refractivity contribution in [3.63, 3.8) is 0 Å². The molecule has 4 nitrogen and oxygen atoms in total. The van der Waals surface area contributed by atoms with Crippen molar-refractivity contribution in [2.75, 3.05) is 19.0 Å². The average Bonchev–Trinajstić information content (AvgIpc) is 3.07. The number of fused-ring (bicyclic) bond motifs is 2. The van der Waals surface area contributed by atoms with Crippen molar-refractivity contribution in [1.82, 2.24) is 0 Å². The van der Waals surface area contributed by atoms with Gasteiger partial charge in [-0.15, -0.1) is 0 Å². The van der Waals surface area contributed by atoms with Crippen LogP contribution < -0.4 is 11.1 Å². The predicted octanol–water partition coefficient (Wildman–Crippen LogP) is 2.19. The second-order valence-electron chi connectivity index (χ2n) is 6.33. The minimum atomic E-state index is -0.0146. The largest absolute Gasteiger partial charge is 0.384 e. The average molecular weight is 288 g/mol. The standard InChI is InChI=1S/C17H24N2O2/c1-21-9-8-11-4-2-3-5-14(11)19-17(20)15-12-6-7-13(10-12)16(15)18/h2-5,12-13,15-16H,6-10,18H2,1H3,(H,19,20). The van der Waals surface area contributed by atoms with Gasteiger partial charge in [0, 0.05) is 18.8 Å². The molecule has 1 amide bonds. The SMILES string of the molecule is COCCc1ccccc1NC(=O)C1C2CCC(C2)C1N. The molecule has 0 heterocycles. The number of benzene rings is 1. The summed E-state index contributed by atoms with van der Waals surface area (Å²) >= 11 is 0. The summed E-state index contributed by atoms with van der Waals surface area (Å²) < 4.78 is 5.13. The number of para-hydroxylation sites is 1. The highest BCUT2D eigenvalue weighted by Crippen LogP contribution is 2.47. The monoisotopic (exact) mass is 288 g/mol. The van der Waals surface area contributed by atoms with Crippen molar-refractivity contribution in [2.45, 2.75) is 31.7 Å². The third-order valence-electron chi connectivity index (χ3n) is 5.13. The van der Waals surface area contributed by atoms with Crippen LogP contribution in [0.4, 0.5) is 5.69 Å². The predicted molar refractivity (Wildman–Crippen MR) is 82.9 cm³/mol. The Morgan fingerprint density at radius 1 is 1.33 bits per heavy atom. The van der Waals surface area contributed by atoms with Gasteiger partial charge in [0.1, 0.15) is 0 Å². The number of carbonyl (C=O) groups excluding carboxylic acids is 1. The molecule has 0 aliphatic heterocycles. The molecule has 2 saturated carbocycles. The summed E-state index contributed by atoms with van der Waals surface area (Å²) in [6, 6.07) is 7.97. The van der Waals surface area contributed by atoms with E-state index < -0.39 is 0 Å². The van der Waals surface area contributed by atoms with E-state index in [1.807, 2.05) is 24.3 Å². The smallest absolute Gasteiger partial charge is 0.229 e. The summed E-state index contributed by atoms with van der Waals surface area (Å²) in [5, 5.41) is 3.10. The first-order chi connectivity index (χ1) is 10.2. The molecule has 0 saturated heterocycles. The van der Waals surface area contributed by atoms with Crippen LogP contribution in [0.3, 0.4) is 0 Å². The number of hydrogen-bond acceptors (Lipinski definition) is 3. The molecule has 0 spiro atoms. The quantitative estimate of drug-likeness (QED) is 0.873. The van der Waals surface area contributed by atoms with Gasteiger partial charge in [-0.05, 0) is 49.1 Å². The Bertz CT molecular complexity index is 515. The Hall–Kier alpha value is -1.39. The molecular weight excluding hydrogens is 264 g/mol. The second kappa shape index (κ2) is 6.16. The number of nitrogens with two attached hydrogens (primary N) is 1. The van der Waals surface area contributed by atoms with Crippen molar-refractivity contribution in [2.24, 2.45) is 23.5 Å². The van der Waals surface area contributed by atoms with E-state index in [1.165, 1.54) is 6.42 Å². The van der Waals surface area contributed by atoms with E-state index in [0.29, 0.717) is 18.4 Å². The molecule has 4 unspecified atom stereocenters. The van der Waals surface area contributed by atoms with E-state index in [0.717, 1.165) is 30.5 Å². The molecule has 4 atom stereocenters. The third kappa shape index (κ3) is 2.83. The van der Waals surface area contributed by atoms with Gasteiger partial charge in [-0.3, -0.25) is 4.79 Å². The van der Waals surface area contributed by atoms with Crippen LogP contribution in [0.2, 0.25) is 0 Å². The van der Waals surface area contributed by atoms with Crippen LogP contribution in [0, 0.1) is 17.8 Å². The fraction of sp³-hybridized carbons (Fsp3) is 0.588. The van der Waals surface area contributed by atoms with Crippen LogP contribution >= 0.6 is 0 Å². The Balaban J connectivity index is 1.70. The summed E-state index contributed by atoms with van der Waals surface area (Å²) in [5.74, 6) is 1.12. The summed E-state index contributed by atoms with van der Waals surface area (Å²) in [4.78, 5) is 12.6. The first-order valence-corrected chi connectivity index (χ1v) is 7.84. The molecule has 1 aromatic carbocycles. The van der Waals surface area contributed by atoms with Gasteiger partial charge in [0.05, 0.1) is 12.5 Å². The Labute approximate surface area is 126 Å². The van der Waals surface area contributed by atoms with Gasteiger partial charge in [-0.1, -0.05) is 18.2 Å². The maximum atomic E-state index is 12.6. The first kappa shape index (κ1) is 14.5. The summed E-state index contributed by atoms with van der Waals surface area (Å²) in [5.41, 5.74) is 8.27. The molecule has 3 N–H and O–H groups in total. The summed E-state index contributed by atoms with van der Waals surface area (Å²) in [6.45, 7) is 0.653. The molecular formula is C17H24N2O2. The van der Waals surface area contributed by atoms with Crippen LogP contribution in [0.1, 0.15) is 24.8 Å². The minimum absolute atomic E-state index is 0.0146. The van der Waals surface area contributed by atoms with Crippen molar-refractivity contribution >= 4 is 11.6 Å². The van der Waals surface area contributed by atoms with E-state index in [-0.39, 0.29) is 17.9 Å². The van der Waals surface area contributed by atoms with Crippen molar-refractivity contribution in [3.05, 3.63) is 29.8 Å². The maximum absolute atomic E-state index is 12.6. The number of amides is 1. The van der Waals surface area contributed by atoms with Crippen LogP contribution in [0.25, 0.3) is 0 Å². The second-order valence-corrected chi connectivity index (χ2v) is 6.33. The van der Waals surface area contributed by atoms with Gasteiger partial charge in [0.15, 0.2) is 0 Å². The van der Waals surface area contributed by atoms with Crippen molar-refractivity contribution in [1.29, 1.82) is 0 Å². The number of rotatable bonds is 5. The molecule has 4 heteroatoms. The number of ether oxygens (including phenoxy) is 1.